The lowest BCUT2D eigenvalue weighted by Crippen LogP contribution is -2.03. The van der Waals surface area contributed by atoms with Crippen LogP contribution in [-0.4, -0.2) is 9.97 Å². The molecule has 0 unspecified atom stereocenters. The normalized spacial score (nSPS) is 12.5. The predicted octanol–water partition coefficient (Wildman–Crippen LogP) is 6.84. The number of halogens is 1. The van der Waals surface area contributed by atoms with Crippen LogP contribution in [0, 0.1) is 29.8 Å². The van der Waals surface area contributed by atoms with Gasteiger partial charge in [0.25, 0.3) is 0 Å². The van der Waals surface area contributed by atoms with E-state index in [1.807, 2.05) is 86.0 Å². The summed E-state index contributed by atoms with van der Waals surface area (Å²) in [6, 6.07) is 27.4. The van der Waals surface area contributed by atoms with E-state index in [1.54, 1.807) is 12.1 Å². The van der Waals surface area contributed by atoms with Crippen LogP contribution in [-0.2, 0) is 6.67 Å². The standard InChI is InChI=1S/C34H19FN6/c1-19-3-2-4-22(13-19)24-10-12-26-28(15-24)30(39-18-37)34-32(26)41-33-29(38-17-36)27-14-23(9-11-25(27)31(33)40-34)21-7-5-20(16-35)6-8-21/h2-15H,16H2,1H3/b38-29-,39-30+. The molecule has 6 nitrogen and oxygen atoms in total. The number of nitriles is 2. The number of nitrogens with zero attached hydrogens (tertiary/aromatic N) is 6. The highest BCUT2D eigenvalue weighted by Crippen LogP contribution is 2.32. The van der Waals surface area contributed by atoms with Gasteiger partial charge in [0.2, 0.25) is 12.4 Å². The summed E-state index contributed by atoms with van der Waals surface area (Å²) < 4.78 is 13.0. The molecule has 7 rings (SSSR count). The lowest BCUT2D eigenvalue weighted by atomic mass is 10.0. The first kappa shape index (κ1) is 24.3. The van der Waals surface area contributed by atoms with Gasteiger partial charge in [-0.05, 0) is 46.9 Å². The Balaban J connectivity index is 1.52. The minimum absolute atomic E-state index is 0.443. The smallest absolute Gasteiger partial charge is 0.206 e. The van der Waals surface area contributed by atoms with E-state index in [2.05, 4.69) is 16.1 Å². The zero-order valence-electron chi connectivity index (χ0n) is 21.9. The second kappa shape index (κ2) is 9.44. The van der Waals surface area contributed by atoms with Crippen molar-refractivity contribution >= 4 is 43.6 Å². The Morgan fingerprint density at radius 1 is 0.610 bits per heavy atom. The maximum Gasteiger partial charge on any atom is 0.206 e. The second-order valence-electron chi connectivity index (χ2n) is 9.96. The summed E-state index contributed by atoms with van der Waals surface area (Å²) in [4.78, 5) is 18.3. The van der Waals surface area contributed by atoms with Gasteiger partial charge >= 0.3 is 0 Å². The third-order valence-electron chi connectivity index (χ3n) is 7.52. The van der Waals surface area contributed by atoms with Crippen molar-refractivity contribution in [2.24, 2.45) is 9.98 Å². The summed E-state index contributed by atoms with van der Waals surface area (Å²) in [5.41, 5.74) is 7.88. The van der Waals surface area contributed by atoms with Crippen molar-refractivity contribution < 1.29 is 4.39 Å². The third-order valence-corrected chi connectivity index (χ3v) is 7.52. The summed E-state index contributed by atoms with van der Waals surface area (Å²) in [6.45, 7) is 1.53. The first-order valence-electron chi connectivity index (χ1n) is 13.0. The molecule has 1 heterocycles. The maximum atomic E-state index is 13.0. The molecule has 0 saturated carbocycles. The van der Waals surface area contributed by atoms with Gasteiger partial charge in [0, 0.05) is 21.5 Å². The Morgan fingerprint density at radius 3 is 1.63 bits per heavy atom. The second-order valence-corrected chi connectivity index (χ2v) is 9.96. The Hall–Kier alpha value is -5.79. The monoisotopic (exact) mass is 530 g/mol. The zero-order valence-corrected chi connectivity index (χ0v) is 21.9. The SMILES string of the molecule is Cc1cccc(-c2ccc3c(c2)/c(=N\C#N)c2nc4c(nc23)/c(=N\C#N)c2cc(-c3ccc(CF)cc3)ccc24)c1. The van der Waals surface area contributed by atoms with Gasteiger partial charge in [-0.2, -0.15) is 20.5 Å². The van der Waals surface area contributed by atoms with Gasteiger partial charge < -0.3 is 0 Å². The molecule has 0 radical (unpaired) electrons. The van der Waals surface area contributed by atoms with Crippen LogP contribution < -0.4 is 10.7 Å². The fourth-order valence-corrected chi connectivity index (χ4v) is 5.59. The topological polar surface area (TPSA) is 98.1 Å². The number of rotatable bonds is 3. The number of aryl methyl sites for hydroxylation is 1. The minimum Gasteiger partial charge on any atom is -0.246 e. The molecule has 192 valence electrons. The summed E-state index contributed by atoms with van der Waals surface area (Å²) in [7, 11) is 0. The van der Waals surface area contributed by atoms with Crippen molar-refractivity contribution in [1.82, 2.24) is 9.97 Å². The van der Waals surface area contributed by atoms with E-state index in [9.17, 15) is 14.9 Å². The van der Waals surface area contributed by atoms with Crippen molar-refractivity contribution in [3.05, 3.63) is 107 Å². The molecule has 0 fully saturated rings. The molecule has 0 spiro atoms. The summed E-state index contributed by atoms with van der Waals surface area (Å²) in [5, 5.41) is 23.2. The number of hydrogen-bond donors (Lipinski definition) is 0. The van der Waals surface area contributed by atoms with Crippen LogP contribution in [0.1, 0.15) is 11.1 Å². The predicted molar refractivity (Wildman–Crippen MR) is 157 cm³/mol. The largest absolute Gasteiger partial charge is 0.246 e. The van der Waals surface area contributed by atoms with Gasteiger partial charge in [0.05, 0.1) is 11.0 Å². The van der Waals surface area contributed by atoms with Crippen LogP contribution in [0.4, 0.5) is 4.39 Å². The first-order valence-corrected chi connectivity index (χ1v) is 13.0. The highest BCUT2D eigenvalue weighted by molar-refractivity contribution is 6.15. The Labute approximate surface area is 233 Å². The average Bonchev–Trinajstić information content (AvgIpc) is 3.47. The van der Waals surface area contributed by atoms with Gasteiger partial charge in [-0.25, -0.2) is 14.4 Å². The van der Waals surface area contributed by atoms with Crippen molar-refractivity contribution in [2.75, 3.05) is 0 Å². The average molecular weight is 531 g/mol. The molecular formula is C34H19FN6. The van der Waals surface area contributed by atoms with Crippen molar-refractivity contribution in [3.63, 3.8) is 0 Å². The molecule has 0 bridgehead atoms. The van der Waals surface area contributed by atoms with Crippen LogP contribution in [0.2, 0.25) is 0 Å². The van der Waals surface area contributed by atoms with E-state index in [4.69, 9.17) is 9.97 Å². The van der Waals surface area contributed by atoms with Crippen LogP contribution in [0.5, 0.6) is 0 Å². The first-order chi connectivity index (χ1) is 20.1. The maximum absolute atomic E-state index is 13.0. The van der Waals surface area contributed by atoms with Crippen molar-refractivity contribution in [1.29, 1.82) is 10.5 Å². The van der Waals surface area contributed by atoms with Gasteiger partial charge in [-0.1, -0.05) is 78.4 Å². The van der Waals surface area contributed by atoms with Gasteiger partial charge in [-0.15, -0.1) is 0 Å². The molecule has 7 aromatic rings. The van der Waals surface area contributed by atoms with Crippen LogP contribution in [0.3, 0.4) is 0 Å². The zero-order chi connectivity index (χ0) is 28.1. The number of benzene rings is 4. The molecular weight excluding hydrogens is 511 g/mol. The molecule has 0 aliphatic rings. The molecule has 0 atom stereocenters. The molecule has 0 aliphatic carbocycles. The van der Waals surface area contributed by atoms with Gasteiger partial charge in [0.15, 0.2) is 0 Å². The molecule has 0 aliphatic heterocycles. The molecule has 7 heteroatoms. The fraction of sp³-hybridized carbons (Fsp3) is 0.0588. The highest BCUT2D eigenvalue weighted by Gasteiger charge is 2.19. The van der Waals surface area contributed by atoms with Crippen LogP contribution in [0.15, 0.2) is 94.9 Å². The quantitative estimate of drug-likeness (QED) is 0.234. The van der Waals surface area contributed by atoms with E-state index in [0.29, 0.717) is 38.3 Å². The molecule has 0 amide bonds. The van der Waals surface area contributed by atoms with Gasteiger partial charge in [0.1, 0.15) is 28.4 Å². The Bertz CT molecular complexity index is 2380. The summed E-state index contributed by atoms with van der Waals surface area (Å²) >= 11 is 0. The molecule has 6 aromatic carbocycles. The fourth-order valence-electron chi connectivity index (χ4n) is 5.59. The summed E-state index contributed by atoms with van der Waals surface area (Å²) in [6.07, 6.45) is 3.86. The number of aromatic nitrogens is 2. The number of hydrogen-bond acceptors (Lipinski definition) is 6. The van der Waals surface area contributed by atoms with E-state index in [0.717, 1.165) is 49.4 Å². The summed E-state index contributed by atoms with van der Waals surface area (Å²) in [5.74, 6) is 0. The van der Waals surface area contributed by atoms with Crippen LogP contribution >= 0.6 is 0 Å². The molecule has 1 aromatic heterocycles. The van der Waals surface area contributed by atoms with Gasteiger partial charge in [-0.3, -0.25) is 0 Å². The Kier molecular flexibility index (Phi) is 5.59. The van der Waals surface area contributed by atoms with Crippen LogP contribution in [0.25, 0.3) is 65.9 Å². The van der Waals surface area contributed by atoms with Crippen molar-refractivity contribution in [2.45, 2.75) is 13.6 Å². The molecule has 0 N–H and O–H groups in total. The highest BCUT2D eigenvalue weighted by atomic mass is 19.1. The third kappa shape index (κ3) is 3.83. The lowest BCUT2D eigenvalue weighted by Gasteiger charge is -2.03. The van der Waals surface area contributed by atoms with E-state index >= 15 is 0 Å². The number of fused-ring (bicyclic) bond motifs is 6. The van der Waals surface area contributed by atoms with E-state index in [-0.39, 0.29) is 0 Å². The molecule has 41 heavy (non-hydrogen) atoms. The number of alkyl halides is 1. The van der Waals surface area contributed by atoms with Crippen molar-refractivity contribution in [3.8, 4) is 34.6 Å². The van der Waals surface area contributed by atoms with E-state index < -0.39 is 6.67 Å². The minimum atomic E-state index is -0.520. The molecule has 0 saturated heterocycles. The Morgan fingerprint density at radius 2 is 1.12 bits per heavy atom. The van der Waals surface area contributed by atoms with E-state index in [1.165, 1.54) is 0 Å². The lowest BCUT2D eigenvalue weighted by molar-refractivity contribution is 0.485.